The van der Waals surface area contributed by atoms with E-state index in [-0.39, 0.29) is 24.2 Å². The van der Waals surface area contributed by atoms with E-state index in [2.05, 4.69) is 10.1 Å². The molecule has 0 aliphatic heterocycles. The summed E-state index contributed by atoms with van der Waals surface area (Å²) in [5.41, 5.74) is 2.82. The van der Waals surface area contributed by atoms with Crippen molar-refractivity contribution in [2.75, 3.05) is 13.7 Å². The Kier molecular flexibility index (Phi) is 6.39. The van der Waals surface area contributed by atoms with Gasteiger partial charge in [-0.1, -0.05) is 30.7 Å². The molecular weight excluding hydrogens is 254 g/mol. The van der Waals surface area contributed by atoms with Gasteiger partial charge in [0.15, 0.2) is 5.78 Å². The molecule has 0 fully saturated rings. The topological polar surface area (TPSA) is 55.4 Å². The zero-order chi connectivity index (χ0) is 15.1. The van der Waals surface area contributed by atoms with E-state index >= 15 is 0 Å². The lowest BCUT2D eigenvalue weighted by atomic mass is 9.95. The first-order chi connectivity index (χ1) is 9.49. The summed E-state index contributed by atoms with van der Waals surface area (Å²) >= 11 is 0. The molecule has 0 aliphatic rings. The molecule has 0 spiro atoms. The number of rotatable bonds is 7. The number of aryl methyl sites for hydroxylation is 2. The number of nitrogens with one attached hydrogen (secondary N) is 1. The number of Topliss-reactive ketones (excluding diaryl/α,β-unsaturated/α-hetero) is 1. The first-order valence-corrected chi connectivity index (χ1v) is 6.91. The van der Waals surface area contributed by atoms with Gasteiger partial charge in [-0.2, -0.15) is 0 Å². The maximum atomic E-state index is 12.6. The number of carbonyl (C=O) groups is 2. The molecule has 1 atom stereocenters. The fraction of sp³-hybridized carbons (Fsp3) is 0.500. The van der Waals surface area contributed by atoms with Crippen LogP contribution in [0.5, 0.6) is 0 Å². The van der Waals surface area contributed by atoms with E-state index in [1.54, 1.807) is 0 Å². The van der Waals surface area contributed by atoms with E-state index in [4.69, 9.17) is 0 Å². The maximum Gasteiger partial charge on any atom is 0.305 e. The second-order valence-electron chi connectivity index (χ2n) is 4.91. The molecule has 0 bridgehead atoms. The fourth-order valence-corrected chi connectivity index (χ4v) is 2.21. The van der Waals surface area contributed by atoms with Crippen LogP contribution in [0.25, 0.3) is 0 Å². The lowest BCUT2D eigenvalue weighted by Gasteiger charge is -2.17. The number of ether oxygens (including phenoxy) is 1. The van der Waals surface area contributed by atoms with Gasteiger partial charge in [0.1, 0.15) is 0 Å². The van der Waals surface area contributed by atoms with Crippen molar-refractivity contribution in [2.24, 2.45) is 0 Å². The van der Waals surface area contributed by atoms with Gasteiger partial charge < -0.3 is 10.1 Å². The van der Waals surface area contributed by atoms with E-state index in [0.29, 0.717) is 18.5 Å². The van der Waals surface area contributed by atoms with Crippen LogP contribution < -0.4 is 5.32 Å². The van der Waals surface area contributed by atoms with Crippen LogP contribution in [0.2, 0.25) is 0 Å². The first kappa shape index (κ1) is 16.4. The largest absolute Gasteiger partial charge is 0.469 e. The summed E-state index contributed by atoms with van der Waals surface area (Å²) < 4.78 is 4.63. The van der Waals surface area contributed by atoms with Crippen molar-refractivity contribution in [3.05, 3.63) is 34.9 Å². The Bertz CT molecular complexity index is 483. The molecule has 1 N–H and O–H groups in total. The predicted octanol–water partition coefficient (Wildman–Crippen LogP) is 2.42. The molecule has 0 heterocycles. The van der Waals surface area contributed by atoms with Gasteiger partial charge in [0, 0.05) is 12.0 Å². The molecule has 20 heavy (non-hydrogen) atoms. The van der Waals surface area contributed by atoms with Crippen LogP contribution in [0.4, 0.5) is 0 Å². The van der Waals surface area contributed by atoms with Gasteiger partial charge in [-0.3, -0.25) is 9.59 Å². The SMILES string of the molecule is CCNC(CCC(=O)OC)C(=O)c1ccc(C)cc1C. The third kappa shape index (κ3) is 4.46. The van der Waals surface area contributed by atoms with Crippen LogP contribution in [0.1, 0.15) is 41.3 Å². The minimum atomic E-state index is -0.347. The molecule has 1 rings (SSSR count). The number of likely N-dealkylation sites (N-methyl/N-ethyl adjacent to an activating group) is 1. The summed E-state index contributed by atoms with van der Waals surface area (Å²) in [7, 11) is 1.36. The number of hydrogen-bond acceptors (Lipinski definition) is 4. The zero-order valence-electron chi connectivity index (χ0n) is 12.7. The Balaban J connectivity index is 2.84. The highest BCUT2D eigenvalue weighted by Gasteiger charge is 2.21. The lowest BCUT2D eigenvalue weighted by molar-refractivity contribution is -0.140. The maximum absolute atomic E-state index is 12.6. The van der Waals surface area contributed by atoms with Gasteiger partial charge in [-0.15, -0.1) is 0 Å². The molecule has 1 aromatic carbocycles. The summed E-state index contributed by atoms with van der Waals surface area (Å²) in [6.07, 6.45) is 0.692. The Morgan fingerprint density at radius 2 is 2.00 bits per heavy atom. The summed E-state index contributed by atoms with van der Waals surface area (Å²) in [6.45, 7) is 6.56. The van der Waals surface area contributed by atoms with Crippen LogP contribution in [0.15, 0.2) is 18.2 Å². The standard InChI is InChI=1S/C16H23NO3/c1-5-17-14(8-9-15(18)20-4)16(19)13-7-6-11(2)10-12(13)3/h6-7,10,14,17H,5,8-9H2,1-4H3. The van der Waals surface area contributed by atoms with Gasteiger partial charge in [-0.25, -0.2) is 0 Å². The molecular formula is C16H23NO3. The Hall–Kier alpha value is -1.68. The van der Waals surface area contributed by atoms with Crippen molar-refractivity contribution < 1.29 is 14.3 Å². The third-order valence-electron chi connectivity index (χ3n) is 3.28. The van der Waals surface area contributed by atoms with Crippen LogP contribution in [-0.4, -0.2) is 31.4 Å². The van der Waals surface area contributed by atoms with Crippen molar-refractivity contribution in [1.29, 1.82) is 0 Å². The number of hydrogen-bond donors (Lipinski definition) is 1. The van der Waals surface area contributed by atoms with E-state index in [9.17, 15) is 9.59 Å². The molecule has 0 aliphatic carbocycles. The Labute approximate surface area is 120 Å². The van der Waals surface area contributed by atoms with Gasteiger partial charge in [-0.05, 0) is 32.4 Å². The minimum Gasteiger partial charge on any atom is -0.469 e. The van der Waals surface area contributed by atoms with Gasteiger partial charge in [0.25, 0.3) is 0 Å². The minimum absolute atomic E-state index is 0.0354. The molecule has 1 aromatic rings. The molecule has 0 saturated carbocycles. The number of benzene rings is 1. The summed E-state index contributed by atoms with van der Waals surface area (Å²) in [6, 6.07) is 5.44. The first-order valence-electron chi connectivity index (χ1n) is 6.91. The number of methoxy groups -OCH3 is 1. The molecule has 0 radical (unpaired) electrons. The molecule has 0 saturated heterocycles. The summed E-state index contributed by atoms with van der Waals surface area (Å²) in [4.78, 5) is 23.8. The predicted molar refractivity (Wildman–Crippen MR) is 79.0 cm³/mol. The van der Waals surface area contributed by atoms with Crippen LogP contribution in [0, 0.1) is 13.8 Å². The third-order valence-corrected chi connectivity index (χ3v) is 3.28. The van der Waals surface area contributed by atoms with Crippen molar-refractivity contribution in [3.8, 4) is 0 Å². The molecule has 4 nitrogen and oxygen atoms in total. The highest BCUT2D eigenvalue weighted by atomic mass is 16.5. The van der Waals surface area contributed by atoms with E-state index in [1.807, 2.05) is 39.0 Å². The zero-order valence-corrected chi connectivity index (χ0v) is 12.7. The van der Waals surface area contributed by atoms with Crippen LogP contribution in [-0.2, 0) is 9.53 Å². The molecule has 1 unspecified atom stereocenters. The van der Waals surface area contributed by atoms with Crippen molar-refractivity contribution >= 4 is 11.8 Å². The fourth-order valence-electron chi connectivity index (χ4n) is 2.21. The average Bonchev–Trinajstić information content (AvgIpc) is 2.42. The van der Waals surface area contributed by atoms with Crippen molar-refractivity contribution in [1.82, 2.24) is 5.32 Å². The van der Waals surface area contributed by atoms with E-state index in [0.717, 1.165) is 11.1 Å². The summed E-state index contributed by atoms with van der Waals surface area (Å²) in [5.74, 6) is -0.255. The quantitative estimate of drug-likeness (QED) is 0.614. The Morgan fingerprint density at radius 1 is 1.30 bits per heavy atom. The van der Waals surface area contributed by atoms with Crippen molar-refractivity contribution in [3.63, 3.8) is 0 Å². The normalized spacial score (nSPS) is 12.0. The van der Waals surface area contributed by atoms with E-state index < -0.39 is 0 Å². The second-order valence-corrected chi connectivity index (χ2v) is 4.91. The molecule has 4 heteroatoms. The average molecular weight is 277 g/mol. The van der Waals surface area contributed by atoms with Gasteiger partial charge >= 0.3 is 5.97 Å². The highest BCUT2D eigenvalue weighted by molar-refractivity contribution is 6.01. The van der Waals surface area contributed by atoms with Crippen molar-refractivity contribution in [2.45, 2.75) is 39.7 Å². The van der Waals surface area contributed by atoms with Crippen LogP contribution in [0.3, 0.4) is 0 Å². The molecule has 110 valence electrons. The molecule has 0 amide bonds. The Morgan fingerprint density at radius 3 is 2.55 bits per heavy atom. The number of ketones is 1. The highest BCUT2D eigenvalue weighted by Crippen LogP contribution is 2.15. The number of carbonyl (C=O) groups excluding carboxylic acids is 2. The second kappa shape index (κ2) is 7.80. The smallest absolute Gasteiger partial charge is 0.305 e. The van der Waals surface area contributed by atoms with Gasteiger partial charge in [0.05, 0.1) is 13.2 Å². The number of esters is 1. The van der Waals surface area contributed by atoms with E-state index in [1.165, 1.54) is 7.11 Å². The molecule has 0 aromatic heterocycles. The van der Waals surface area contributed by atoms with Gasteiger partial charge in [0.2, 0.25) is 0 Å². The van der Waals surface area contributed by atoms with Crippen LogP contribution >= 0.6 is 0 Å². The lowest BCUT2D eigenvalue weighted by Crippen LogP contribution is -2.37. The summed E-state index contributed by atoms with van der Waals surface area (Å²) in [5, 5.41) is 3.14. The monoisotopic (exact) mass is 277 g/mol.